The molecular formula is C16H19NO2. The van der Waals surface area contributed by atoms with E-state index in [9.17, 15) is 9.59 Å². The van der Waals surface area contributed by atoms with Gasteiger partial charge in [0.15, 0.2) is 0 Å². The molecule has 1 fully saturated rings. The molecular weight excluding hydrogens is 238 g/mol. The maximum atomic E-state index is 12.5. The lowest BCUT2D eigenvalue weighted by Gasteiger charge is -2.32. The second kappa shape index (κ2) is 5.16. The number of piperidine rings is 1. The predicted octanol–water partition coefficient (Wildman–Crippen LogP) is 1.98. The van der Waals surface area contributed by atoms with Gasteiger partial charge < -0.3 is 4.90 Å². The van der Waals surface area contributed by atoms with Crippen LogP contribution < -0.4 is 0 Å². The SMILES string of the molecule is O=C1CCN(C(=O)C2CCc3ccccc3C2)CC1. The lowest BCUT2D eigenvalue weighted by molar-refractivity contribution is -0.138. The molecule has 0 bridgehead atoms. The first-order valence-corrected chi connectivity index (χ1v) is 7.11. The van der Waals surface area contributed by atoms with Gasteiger partial charge in [-0.15, -0.1) is 0 Å². The molecule has 2 aliphatic rings. The number of nitrogens with zero attached hydrogens (tertiary/aromatic N) is 1. The number of ketones is 1. The van der Waals surface area contributed by atoms with Gasteiger partial charge in [0.25, 0.3) is 0 Å². The number of rotatable bonds is 1. The van der Waals surface area contributed by atoms with Crippen LogP contribution in [0.15, 0.2) is 24.3 Å². The number of hydrogen-bond acceptors (Lipinski definition) is 2. The molecule has 1 amide bonds. The Bertz CT molecular complexity index is 499. The van der Waals surface area contributed by atoms with Gasteiger partial charge in [-0.05, 0) is 30.4 Å². The number of hydrogen-bond donors (Lipinski definition) is 0. The van der Waals surface area contributed by atoms with E-state index in [0.717, 1.165) is 19.3 Å². The number of carbonyl (C=O) groups is 2. The third-order valence-corrected chi connectivity index (χ3v) is 4.33. The molecule has 3 rings (SSSR count). The van der Waals surface area contributed by atoms with Gasteiger partial charge in [0, 0.05) is 31.8 Å². The molecule has 19 heavy (non-hydrogen) atoms. The molecule has 1 saturated heterocycles. The first-order chi connectivity index (χ1) is 9.24. The first-order valence-electron chi connectivity index (χ1n) is 7.11. The van der Waals surface area contributed by atoms with Gasteiger partial charge in [0.05, 0.1) is 0 Å². The highest BCUT2D eigenvalue weighted by molar-refractivity contribution is 5.84. The average Bonchev–Trinajstić information content (AvgIpc) is 2.47. The molecule has 1 aliphatic heterocycles. The van der Waals surface area contributed by atoms with E-state index >= 15 is 0 Å². The number of likely N-dealkylation sites (tertiary alicyclic amines) is 1. The van der Waals surface area contributed by atoms with Crippen LogP contribution in [0.25, 0.3) is 0 Å². The minimum atomic E-state index is 0.114. The summed E-state index contributed by atoms with van der Waals surface area (Å²) in [6, 6.07) is 8.41. The quantitative estimate of drug-likeness (QED) is 0.771. The number of Topliss-reactive ketones (excluding diaryl/α,β-unsaturated/α-hetero) is 1. The van der Waals surface area contributed by atoms with Crippen molar-refractivity contribution in [2.45, 2.75) is 32.1 Å². The molecule has 100 valence electrons. The van der Waals surface area contributed by atoms with Crippen LogP contribution >= 0.6 is 0 Å². The zero-order valence-electron chi connectivity index (χ0n) is 11.1. The number of fused-ring (bicyclic) bond motifs is 1. The Labute approximate surface area is 113 Å². The Hall–Kier alpha value is -1.64. The summed E-state index contributed by atoms with van der Waals surface area (Å²) in [5.41, 5.74) is 2.71. The summed E-state index contributed by atoms with van der Waals surface area (Å²) < 4.78 is 0. The summed E-state index contributed by atoms with van der Waals surface area (Å²) in [6.07, 6.45) is 3.88. The summed E-state index contributed by atoms with van der Waals surface area (Å²) in [4.78, 5) is 25.6. The number of carbonyl (C=O) groups excluding carboxylic acids is 2. The van der Waals surface area contributed by atoms with Crippen LogP contribution in [-0.2, 0) is 22.4 Å². The molecule has 0 saturated carbocycles. The van der Waals surface area contributed by atoms with Gasteiger partial charge >= 0.3 is 0 Å². The normalized spacial score (nSPS) is 23.1. The van der Waals surface area contributed by atoms with Crippen LogP contribution in [0.2, 0.25) is 0 Å². The van der Waals surface area contributed by atoms with Crippen LogP contribution in [0.4, 0.5) is 0 Å². The van der Waals surface area contributed by atoms with E-state index in [1.54, 1.807) is 0 Å². The van der Waals surface area contributed by atoms with Gasteiger partial charge in [-0.1, -0.05) is 24.3 Å². The zero-order chi connectivity index (χ0) is 13.2. The summed E-state index contributed by atoms with van der Waals surface area (Å²) >= 11 is 0. The summed E-state index contributed by atoms with van der Waals surface area (Å²) in [5.74, 6) is 0.656. The van der Waals surface area contributed by atoms with Crippen molar-refractivity contribution in [2.24, 2.45) is 5.92 Å². The van der Waals surface area contributed by atoms with E-state index in [0.29, 0.717) is 25.9 Å². The Kier molecular flexibility index (Phi) is 3.36. The lowest BCUT2D eigenvalue weighted by Crippen LogP contribution is -2.43. The molecule has 1 aromatic rings. The van der Waals surface area contributed by atoms with Crippen molar-refractivity contribution in [1.29, 1.82) is 0 Å². The fraction of sp³-hybridized carbons (Fsp3) is 0.500. The number of benzene rings is 1. The van der Waals surface area contributed by atoms with E-state index in [4.69, 9.17) is 0 Å². The molecule has 0 spiro atoms. The molecule has 0 radical (unpaired) electrons. The highest BCUT2D eigenvalue weighted by Crippen LogP contribution is 2.27. The Morgan fingerprint density at radius 2 is 1.74 bits per heavy atom. The van der Waals surface area contributed by atoms with Crippen molar-refractivity contribution < 1.29 is 9.59 Å². The Morgan fingerprint density at radius 1 is 1.05 bits per heavy atom. The molecule has 1 aliphatic carbocycles. The van der Waals surface area contributed by atoms with Crippen LogP contribution in [0, 0.1) is 5.92 Å². The van der Waals surface area contributed by atoms with Crippen molar-refractivity contribution in [3.8, 4) is 0 Å². The highest BCUT2D eigenvalue weighted by Gasteiger charge is 2.29. The average molecular weight is 257 g/mol. The van der Waals surface area contributed by atoms with E-state index in [1.807, 2.05) is 11.0 Å². The van der Waals surface area contributed by atoms with Gasteiger partial charge in [-0.2, -0.15) is 0 Å². The second-order valence-electron chi connectivity index (χ2n) is 5.57. The van der Waals surface area contributed by atoms with Crippen molar-refractivity contribution in [3.05, 3.63) is 35.4 Å². The molecule has 3 heteroatoms. The van der Waals surface area contributed by atoms with Gasteiger partial charge in [-0.25, -0.2) is 0 Å². The number of amides is 1. The maximum absolute atomic E-state index is 12.5. The van der Waals surface area contributed by atoms with E-state index in [2.05, 4.69) is 18.2 Å². The minimum absolute atomic E-state index is 0.114. The third-order valence-electron chi connectivity index (χ3n) is 4.33. The van der Waals surface area contributed by atoms with Crippen molar-refractivity contribution in [3.63, 3.8) is 0 Å². The lowest BCUT2D eigenvalue weighted by atomic mass is 9.83. The molecule has 1 unspecified atom stereocenters. The van der Waals surface area contributed by atoms with Gasteiger partial charge in [-0.3, -0.25) is 9.59 Å². The zero-order valence-corrected chi connectivity index (χ0v) is 11.1. The first kappa shape index (κ1) is 12.4. The van der Waals surface area contributed by atoms with Gasteiger partial charge in [0.1, 0.15) is 5.78 Å². The standard InChI is InChI=1S/C16H19NO2/c18-15-7-9-17(10-8-15)16(19)14-6-5-12-3-1-2-4-13(12)11-14/h1-4,14H,5-11H2. The van der Waals surface area contributed by atoms with Crippen LogP contribution in [0.5, 0.6) is 0 Å². The monoisotopic (exact) mass is 257 g/mol. The van der Waals surface area contributed by atoms with E-state index in [-0.39, 0.29) is 17.6 Å². The van der Waals surface area contributed by atoms with Crippen molar-refractivity contribution in [2.75, 3.05) is 13.1 Å². The summed E-state index contributed by atoms with van der Waals surface area (Å²) in [5, 5.41) is 0. The fourth-order valence-electron chi connectivity index (χ4n) is 3.14. The topological polar surface area (TPSA) is 37.4 Å². The van der Waals surface area contributed by atoms with Crippen LogP contribution in [-0.4, -0.2) is 29.7 Å². The Balaban J connectivity index is 1.67. The smallest absolute Gasteiger partial charge is 0.226 e. The third kappa shape index (κ3) is 2.55. The van der Waals surface area contributed by atoms with Gasteiger partial charge in [0.2, 0.25) is 5.91 Å². The summed E-state index contributed by atoms with van der Waals surface area (Å²) in [7, 11) is 0. The molecule has 1 heterocycles. The predicted molar refractivity (Wildman–Crippen MR) is 72.8 cm³/mol. The molecule has 1 aromatic carbocycles. The van der Waals surface area contributed by atoms with Crippen LogP contribution in [0.3, 0.4) is 0 Å². The van der Waals surface area contributed by atoms with Crippen molar-refractivity contribution in [1.82, 2.24) is 4.90 Å². The molecule has 3 nitrogen and oxygen atoms in total. The van der Waals surface area contributed by atoms with Crippen molar-refractivity contribution >= 4 is 11.7 Å². The second-order valence-corrected chi connectivity index (χ2v) is 5.57. The molecule has 0 N–H and O–H groups in total. The number of aryl methyl sites for hydroxylation is 1. The van der Waals surface area contributed by atoms with E-state index < -0.39 is 0 Å². The van der Waals surface area contributed by atoms with Crippen LogP contribution in [0.1, 0.15) is 30.4 Å². The maximum Gasteiger partial charge on any atom is 0.226 e. The highest BCUT2D eigenvalue weighted by atomic mass is 16.2. The van der Waals surface area contributed by atoms with E-state index in [1.165, 1.54) is 11.1 Å². The fourth-order valence-corrected chi connectivity index (χ4v) is 3.14. The Morgan fingerprint density at radius 3 is 2.47 bits per heavy atom. The minimum Gasteiger partial charge on any atom is -0.342 e. The molecule has 1 atom stereocenters. The summed E-state index contributed by atoms with van der Waals surface area (Å²) in [6.45, 7) is 1.24. The molecule has 0 aromatic heterocycles. The largest absolute Gasteiger partial charge is 0.342 e.